The van der Waals surface area contributed by atoms with Crippen molar-refractivity contribution < 1.29 is 30.6 Å². The summed E-state index contributed by atoms with van der Waals surface area (Å²) in [6, 6.07) is 14.7. The van der Waals surface area contributed by atoms with Gasteiger partial charge in [-0.2, -0.15) is 0 Å². The highest BCUT2D eigenvalue weighted by molar-refractivity contribution is 5.51. The van der Waals surface area contributed by atoms with Gasteiger partial charge >= 0.3 is 0 Å². The summed E-state index contributed by atoms with van der Waals surface area (Å²) in [5.74, 6) is -0.446. The third-order valence-corrected chi connectivity index (χ3v) is 4.82. The van der Waals surface area contributed by atoms with Crippen molar-refractivity contribution in [1.82, 2.24) is 0 Å². The fraction of sp³-hybridized carbons (Fsp3) is 0.182. The van der Waals surface area contributed by atoms with Crippen LogP contribution in [0.15, 0.2) is 54.6 Å². The molecule has 0 unspecified atom stereocenters. The molecule has 0 saturated heterocycles. The van der Waals surface area contributed by atoms with Gasteiger partial charge in [-0.15, -0.1) is 0 Å². The van der Waals surface area contributed by atoms with Crippen LogP contribution in [-0.2, 0) is 19.8 Å². The predicted octanol–water partition coefficient (Wildman–Crippen LogP) is 2.46. The number of hydrogen-bond donors (Lipinski definition) is 6. The Labute approximate surface area is 162 Å². The molecule has 6 nitrogen and oxygen atoms in total. The Bertz CT molecular complexity index is 856. The summed E-state index contributed by atoms with van der Waals surface area (Å²) in [4.78, 5) is 0. The van der Waals surface area contributed by atoms with E-state index < -0.39 is 0 Å². The number of aromatic hydroxyl groups is 3. The highest BCUT2D eigenvalue weighted by Gasteiger charge is 2.20. The molecule has 146 valence electrons. The Morgan fingerprint density at radius 1 is 0.500 bits per heavy atom. The number of phenols is 3. The van der Waals surface area contributed by atoms with Crippen LogP contribution in [0.5, 0.6) is 17.2 Å². The average molecular weight is 382 g/mol. The largest absolute Gasteiger partial charge is 0.508 e. The van der Waals surface area contributed by atoms with E-state index >= 15 is 0 Å². The Hall–Kier alpha value is -3.06. The zero-order chi connectivity index (χ0) is 20.3. The first-order valence-corrected chi connectivity index (χ1v) is 8.76. The molecule has 6 N–H and O–H groups in total. The van der Waals surface area contributed by atoms with Crippen LogP contribution in [-0.4, -0.2) is 30.6 Å². The molecule has 3 rings (SSSR count). The van der Waals surface area contributed by atoms with Gasteiger partial charge in [-0.3, -0.25) is 0 Å². The maximum absolute atomic E-state index is 9.90. The van der Waals surface area contributed by atoms with Crippen molar-refractivity contribution in [3.8, 4) is 17.2 Å². The van der Waals surface area contributed by atoms with E-state index in [-0.39, 0.29) is 43.0 Å². The van der Waals surface area contributed by atoms with Crippen LogP contribution in [0.1, 0.15) is 39.3 Å². The van der Waals surface area contributed by atoms with Gasteiger partial charge < -0.3 is 30.6 Å². The number of benzene rings is 3. The zero-order valence-corrected chi connectivity index (χ0v) is 15.1. The topological polar surface area (TPSA) is 121 Å². The summed E-state index contributed by atoms with van der Waals surface area (Å²) in [5, 5.41) is 58.2. The summed E-state index contributed by atoms with van der Waals surface area (Å²) >= 11 is 0. The van der Waals surface area contributed by atoms with Crippen LogP contribution in [0.25, 0.3) is 0 Å². The molecular formula is C22H22O6. The Balaban J connectivity index is 2.22. The highest BCUT2D eigenvalue weighted by Crippen LogP contribution is 2.37. The van der Waals surface area contributed by atoms with Crippen molar-refractivity contribution in [3.05, 3.63) is 88.0 Å². The summed E-state index contributed by atoms with van der Waals surface area (Å²) in [5.41, 5.74) is 3.36. The zero-order valence-electron chi connectivity index (χ0n) is 15.1. The van der Waals surface area contributed by atoms with Crippen molar-refractivity contribution in [2.45, 2.75) is 25.7 Å². The van der Waals surface area contributed by atoms with Crippen molar-refractivity contribution in [1.29, 1.82) is 0 Å². The standard InChI is InChI=1S/C22H22O6/c23-10-16-7-13(1-4-19(16)26)22(14-2-5-20(27)17(8-14)11-24)15-3-6-21(28)18(9-15)12-25/h1-9,22-28H,10-12H2. The summed E-state index contributed by atoms with van der Waals surface area (Å²) < 4.78 is 0. The Morgan fingerprint density at radius 3 is 1.04 bits per heavy atom. The highest BCUT2D eigenvalue weighted by atomic mass is 16.3. The van der Waals surface area contributed by atoms with Crippen LogP contribution in [0.3, 0.4) is 0 Å². The van der Waals surface area contributed by atoms with Gasteiger partial charge in [0, 0.05) is 22.6 Å². The number of aliphatic hydroxyl groups is 3. The second-order valence-corrected chi connectivity index (χ2v) is 6.57. The van der Waals surface area contributed by atoms with Crippen molar-refractivity contribution >= 4 is 0 Å². The molecule has 0 fully saturated rings. The fourth-order valence-electron chi connectivity index (χ4n) is 3.31. The van der Waals surface area contributed by atoms with Crippen LogP contribution < -0.4 is 0 Å². The molecule has 6 heteroatoms. The lowest BCUT2D eigenvalue weighted by atomic mass is 9.83. The summed E-state index contributed by atoms with van der Waals surface area (Å²) in [6.45, 7) is -0.996. The normalized spacial score (nSPS) is 11.1. The molecule has 0 amide bonds. The van der Waals surface area contributed by atoms with E-state index in [0.717, 1.165) is 16.7 Å². The van der Waals surface area contributed by atoms with Crippen molar-refractivity contribution in [3.63, 3.8) is 0 Å². The smallest absolute Gasteiger partial charge is 0.121 e. The summed E-state index contributed by atoms with van der Waals surface area (Å²) in [7, 11) is 0. The Morgan fingerprint density at radius 2 is 0.786 bits per heavy atom. The molecule has 0 aliphatic rings. The predicted molar refractivity (Wildman–Crippen MR) is 103 cm³/mol. The van der Waals surface area contributed by atoms with E-state index in [9.17, 15) is 30.6 Å². The van der Waals surface area contributed by atoms with E-state index in [0.29, 0.717) is 16.7 Å². The van der Waals surface area contributed by atoms with Gasteiger partial charge in [-0.25, -0.2) is 0 Å². The molecule has 3 aromatic carbocycles. The quantitative estimate of drug-likeness (QED) is 0.364. The van der Waals surface area contributed by atoms with Crippen molar-refractivity contribution in [2.75, 3.05) is 0 Å². The molecule has 0 spiro atoms. The van der Waals surface area contributed by atoms with E-state index in [1.807, 2.05) is 0 Å². The van der Waals surface area contributed by atoms with Crippen LogP contribution in [0, 0.1) is 0 Å². The minimum Gasteiger partial charge on any atom is -0.508 e. The van der Waals surface area contributed by atoms with Gasteiger partial charge in [0.1, 0.15) is 17.2 Å². The first-order valence-electron chi connectivity index (χ1n) is 8.76. The number of aliphatic hydroxyl groups excluding tert-OH is 3. The van der Waals surface area contributed by atoms with Crippen LogP contribution in [0.2, 0.25) is 0 Å². The molecular weight excluding hydrogens is 360 g/mol. The molecule has 0 aliphatic heterocycles. The van der Waals surface area contributed by atoms with Gasteiger partial charge in [0.2, 0.25) is 0 Å². The van der Waals surface area contributed by atoms with E-state index in [1.54, 1.807) is 36.4 Å². The first-order chi connectivity index (χ1) is 13.5. The van der Waals surface area contributed by atoms with Crippen molar-refractivity contribution in [2.24, 2.45) is 0 Å². The van der Waals surface area contributed by atoms with E-state index in [2.05, 4.69) is 0 Å². The first kappa shape index (κ1) is 19.7. The number of rotatable bonds is 6. The van der Waals surface area contributed by atoms with Crippen LogP contribution >= 0.6 is 0 Å². The molecule has 0 radical (unpaired) electrons. The molecule has 0 aliphatic carbocycles. The molecule has 0 atom stereocenters. The minimum absolute atomic E-state index is 0.0199. The lowest BCUT2D eigenvalue weighted by Gasteiger charge is -2.22. The molecule has 0 saturated carbocycles. The lowest BCUT2D eigenvalue weighted by molar-refractivity contribution is 0.275. The van der Waals surface area contributed by atoms with Gasteiger partial charge in [-0.05, 0) is 53.1 Å². The molecule has 0 heterocycles. The second-order valence-electron chi connectivity index (χ2n) is 6.57. The lowest BCUT2D eigenvalue weighted by Crippen LogP contribution is -2.06. The maximum atomic E-state index is 9.90. The van der Waals surface area contributed by atoms with Gasteiger partial charge in [0.25, 0.3) is 0 Å². The molecule has 28 heavy (non-hydrogen) atoms. The molecule has 0 bridgehead atoms. The fourth-order valence-corrected chi connectivity index (χ4v) is 3.31. The van der Waals surface area contributed by atoms with E-state index in [4.69, 9.17) is 0 Å². The SMILES string of the molecule is OCc1cc(C(c2ccc(O)c(CO)c2)c2ccc(O)c(CO)c2)ccc1O. The monoisotopic (exact) mass is 382 g/mol. The minimum atomic E-state index is -0.386. The third-order valence-electron chi connectivity index (χ3n) is 4.82. The van der Waals surface area contributed by atoms with Gasteiger partial charge in [0.05, 0.1) is 19.8 Å². The maximum Gasteiger partial charge on any atom is 0.121 e. The second kappa shape index (κ2) is 8.31. The Kier molecular flexibility index (Phi) is 5.84. The van der Waals surface area contributed by atoms with Gasteiger partial charge in [-0.1, -0.05) is 18.2 Å². The van der Waals surface area contributed by atoms with Gasteiger partial charge in [0.15, 0.2) is 0 Å². The molecule has 3 aromatic rings. The number of hydrogen-bond acceptors (Lipinski definition) is 6. The summed E-state index contributed by atoms with van der Waals surface area (Å²) in [6.07, 6.45) is 0. The third kappa shape index (κ3) is 3.80. The molecule has 0 aromatic heterocycles. The van der Waals surface area contributed by atoms with Crippen LogP contribution in [0.4, 0.5) is 0 Å². The average Bonchev–Trinajstić information content (AvgIpc) is 2.71. The van der Waals surface area contributed by atoms with E-state index in [1.165, 1.54) is 18.2 Å².